The quantitative estimate of drug-likeness (QED) is 0.761. The maximum absolute atomic E-state index is 13.0. The molecular weight excluding hydrogens is 354 g/mol. The van der Waals surface area contributed by atoms with Crippen LogP contribution in [0.25, 0.3) is 11.3 Å². The van der Waals surface area contributed by atoms with E-state index in [0.29, 0.717) is 23.9 Å². The predicted octanol–water partition coefficient (Wildman–Crippen LogP) is 3.23. The molecule has 0 unspecified atom stereocenters. The van der Waals surface area contributed by atoms with E-state index in [9.17, 15) is 9.90 Å². The van der Waals surface area contributed by atoms with Crippen molar-refractivity contribution < 1.29 is 14.3 Å². The van der Waals surface area contributed by atoms with Gasteiger partial charge in [-0.1, -0.05) is 12.1 Å². The Morgan fingerprint density at radius 1 is 1.07 bits per heavy atom. The summed E-state index contributed by atoms with van der Waals surface area (Å²) >= 11 is 0. The number of benzene rings is 1. The Morgan fingerprint density at radius 3 is 2.54 bits per heavy atom. The van der Waals surface area contributed by atoms with Crippen LogP contribution < -0.4 is 0 Å². The van der Waals surface area contributed by atoms with Crippen LogP contribution in [-0.2, 0) is 0 Å². The first-order valence-corrected chi connectivity index (χ1v) is 9.79. The number of aliphatic hydroxyl groups excluding tert-OH is 1. The van der Waals surface area contributed by atoms with Crippen LogP contribution in [-0.4, -0.2) is 44.9 Å². The number of fused-ring (bicyclic) bond motifs is 1. The lowest BCUT2D eigenvalue weighted by Gasteiger charge is -2.35. The number of nitrogens with zero attached hydrogens (tertiary/aromatic N) is 3. The van der Waals surface area contributed by atoms with Gasteiger partial charge in [0.15, 0.2) is 0 Å². The number of rotatable bonds is 3. The highest BCUT2D eigenvalue weighted by molar-refractivity contribution is 5.94. The second-order valence-corrected chi connectivity index (χ2v) is 7.88. The Bertz CT molecular complexity index is 934. The molecular formula is C22H23N3O3. The molecule has 1 N–H and O–H groups in total. The molecule has 2 aromatic heterocycles. The van der Waals surface area contributed by atoms with E-state index in [2.05, 4.69) is 5.10 Å². The number of aromatic nitrogens is 2. The Balaban J connectivity index is 1.28. The van der Waals surface area contributed by atoms with Crippen molar-refractivity contribution in [2.75, 3.05) is 13.1 Å². The van der Waals surface area contributed by atoms with E-state index >= 15 is 0 Å². The summed E-state index contributed by atoms with van der Waals surface area (Å²) in [5.74, 6) is 1.62. The minimum atomic E-state index is -0.413. The van der Waals surface area contributed by atoms with Crippen molar-refractivity contribution in [3.05, 3.63) is 66.7 Å². The van der Waals surface area contributed by atoms with E-state index in [1.165, 1.54) is 0 Å². The predicted molar refractivity (Wildman–Crippen MR) is 104 cm³/mol. The maximum atomic E-state index is 13.0. The van der Waals surface area contributed by atoms with Gasteiger partial charge < -0.3 is 14.4 Å². The van der Waals surface area contributed by atoms with Gasteiger partial charge in [0, 0.05) is 36.6 Å². The maximum Gasteiger partial charge on any atom is 0.253 e. The number of amides is 1. The van der Waals surface area contributed by atoms with Gasteiger partial charge in [-0.15, -0.1) is 0 Å². The second-order valence-electron chi connectivity index (χ2n) is 7.88. The monoisotopic (exact) mass is 377 g/mol. The molecule has 5 rings (SSSR count). The summed E-state index contributed by atoms with van der Waals surface area (Å²) in [5, 5.41) is 14.9. The summed E-state index contributed by atoms with van der Waals surface area (Å²) in [6.07, 6.45) is 6.46. The molecule has 0 bridgehead atoms. The molecule has 1 aliphatic carbocycles. The molecule has 1 saturated heterocycles. The normalized spacial score (nSPS) is 27.0. The van der Waals surface area contributed by atoms with Crippen LogP contribution >= 0.6 is 0 Å². The van der Waals surface area contributed by atoms with E-state index < -0.39 is 6.10 Å². The molecule has 1 saturated carbocycles. The van der Waals surface area contributed by atoms with Crippen LogP contribution in [0.15, 0.2) is 65.5 Å². The summed E-state index contributed by atoms with van der Waals surface area (Å²) in [6, 6.07) is 13.2. The summed E-state index contributed by atoms with van der Waals surface area (Å²) in [5.41, 5.74) is 1.65. The minimum absolute atomic E-state index is 0.00104. The molecule has 0 spiro atoms. The van der Waals surface area contributed by atoms with Crippen LogP contribution in [0.4, 0.5) is 0 Å². The number of likely N-dealkylation sites (tertiary alicyclic amines) is 1. The third kappa shape index (κ3) is 3.03. The zero-order valence-electron chi connectivity index (χ0n) is 15.5. The minimum Gasteiger partial charge on any atom is -0.464 e. The topological polar surface area (TPSA) is 71.5 Å². The van der Waals surface area contributed by atoms with E-state index in [0.717, 1.165) is 30.7 Å². The highest BCUT2D eigenvalue weighted by Crippen LogP contribution is 2.41. The van der Waals surface area contributed by atoms with Crippen molar-refractivity contribution >= 4 is 5.91 Å². The molecule has 6 heteroatoms. The van der Waals surface area contributed by atoms with Gasteiger partial charge >= 0.3 is 0 Å². The third-order valence-electron chi connectivity index (χ3n) is 6.20. The number of hydrogen-bond acceptors (Lipinski definition) is 4. The van der Waals surface area contributed by atoms with Crippen molar-refractivity contribution in [3.63, 3.8) is 0 Å². The lowest BCUT2D eigenvalue weighted by molar-refractivity contribution is 0.0306. The van der Waals surface area contributed by atoms with Crippen LogP contribution in [0.3, 0.4) is 0 Å². The number of carbonyl (C=O) groups is 1. The summed E-state index contributed by atoms with van der Waals surface area (Å²) < 4.78 is 7.27. The highest BCUT2D eigenvalue weighted by atomic mass is 16.3. The molecule has 2 fully saturated rings. The molecule has 144 valence electrons. The summed E-state index contributed by atoms with van der Waals surface area (Å²) in [4.78, 5) is 14.9. The molecule has 6 nitrogen and oxygen atoms in total. The number of hydrogen-bond donors (Lipinski definition) is 1. The standard InChI is InChI=1S/C22H23N3O3/c26-20-12-18-14-24(13-17(18)11-19(20)25-9-2-8-23-25)22(27)16-6-4-15(5-7-16)21-3-1-10-28-21/h1-10,17-20,26H,11-14H2/t17-,18+,19-,20-/m1/s1. The smallest absolute Gasteiger partial charge is 0.253 e. The molecule has 4 atom stereocenters. The van der Waals surface area contributed by atoms with E-state index in [1.807, 2.05) is 58.2 Å². The number of aliphatic hydroxyl groups is 1. The fraction of sp³-hybridized carbons (Fsp3) is 0.364. The van der Waals surface area contributed by atoms with E-state index in [4.69, 9.17) is 4.42 Å². The first-order valence-electron chi connectivity index (χ1n) is 9.79. The number of furan rings is 1. The fourth-order valence-electron chi connectivity index (χ4n) is 4.74. The Hall–Kier alpha value is -2.86. The van der Waals surface area contributed by atoms with Crippen molar-refractivity contribution in [1.29, 1.82) is 0 Å². The SMILES string of the molecule is O=C(c1ccc(-c2ccco2)cc1)N1C[C@H]2C[C@@H](n3cccn3)[C@H](O)C[C@H]2C1. The van der Waals surface area contributed by atoms with Crippen molar-refractivity contribution in [2.45, 2.75) is 25.0 Å². The molecule has 0 radical (unpaired) electrons. The lowest BCUT2D eigenvalue weighted by Crippen LogP contribution is -2.36. The molecule has 2 aliphatic rings. The van der Waals surface area contributed by atoms with Gasteiger partial charge in [-0.05, 0) is 55.0 Å². The molecule has 1 aromatic carbocycles. The van der Waals surface area contributed by atoms with Gasteiger partial charge in [-0.3, -0.25) is 9.48 Å². The van der Waals surface area contributed by atoms with Gasteiger partial charge in [-0.2, -0.15) is 5.10 Å². The van der Waals surface area contributed by atoms with Gasteiger partial charge in [0.05, 0.1) is 18.4 Å². The molecule has 28 heavy (non-hydrogen) atoms. The Kier molecular flexibility index (Phi) is 4.28. The first kappa shape index (κ1) is 17.3. The van der Waals surface area contributed by atoms with Crippen LogP contribution in [0.2, 0.25) is 0 Å². The zero-order chi connectivity index (χ0) is 19.1. The van der Waals surface area contributed by atoms with Gasteiger partial charge in [0.2, 0.25) is 0 Å². The van der Waals surface area contributed by atoms with E-state index in [-0.39, 0.29) is 11.9 Å². The Labute approximate surface area is 163 Å². The van der Waals surface area contributed by atoms with Crippen molar-refractivity contribution in [3.8, 4) is 11.3 Å². The first-order chi connectivity index (χ1) is 13.7. The highest BCUT2D eigenvalue weighted by Gasteiger charge is 2.43. The van der Waals surface area contributed by atoms with Crippen molar-refractivity contribution in [1.82, 2.24) is 14.7 Å². The van der Waals surface area contributed by atoms with Crippen LogP contribution in [0.5, 0.6) is 0 Å². The third-order valence-corrected chi connectivity index (χ3v) is 6.20. The average molecular weight is 377 g/mol. The van der Waals surface area contributed by atoms with Gasteiger partial charge in [0.1, 0.15) is 5.76 Å². The summed E-state index contributed by atoms with van der Waals surface area (Å²) in [6.45, 7) is 1.46. The number of carbonyl (C=O) groups excluding carboxylic acids is 1. The van der Waals surface area contributed by atoms with Crippen LogP contribution in [0.1, 0.15) is 29.2 Å². The lowest BCUT2D eigenvalue weighted by atomic mass is 9.77. The molecule has 1 aliphatic heterocycles. The second kappa shape index (κ2) is 6.95. The van der Waals surface area contributed by atoms with Gasteiger partial charge in [0.25, 0.3) is 5.91 Å². The largest absolute Gasteiger partial charge is 0.464 e. The average Bonchev–Trinajstić information content (AvgIpc) is 3.47. The molecule has 3 heterocycles. The zero-order valence-corrected chi connectivity index (χ0v) is 15.5. The molecule has 1 amide bonds. The Morgan fingerprint density at radius 2 is 1.86 bits per heavy atom. The fourth-order valence-corrected chi connectivity index (χ4v) is 4.74. The van der Waals surface area contributed by atoms with Crippen LogP contribution in [0, 0.1) is 11.8 Å². The van der Waals surface area contributed by atoms with Crippen molar-refractivity contribution in [2.24, 2.45) is 11.8 Å². The van der Waals surface area contributed by atoms with E-state index in [1.54, 1.807) is 12.5 Å². The van der Waals surface area contributed by atoms with Gasteiger partial charge in [-0.25, -0.2) is 0 Å². The molecule has 3 aromatic rings. The summed E-state index contributed by atoms with van der Waals surface area (Å²) in [7, 11) is 0.